The number of aromatic amines is 1. The van der Waals surface area contributed by atoms with E-state index < -0.39 is 15.1 Å². The first kappa shape index (κ1) is 11.6. The Balaban J connectivity index is 2.08. The highest BCUT2D eigenvalue weighted by Gasteiger charge is 2.32. The van der Waals surface area contributed by atoms with Crippen LogP contribution in [0.2, 0.25) is 0 Å². The van der Waals surface area contributed by atoms with Crippen LogP contribution in [0.25, 0.3) is 11.0 Å². The molecule has 0 bridgehead atoms. The largest absolute Gasteiger partial charge is 0.341 e. The van der Waals surface area contributed by atoms with Crippen LogP contribution >= 0.6 is 0 Å². The maximum Gasteiger partial charge on any atom is 0.160 e. The zero-order valence-corrected chi connectivity index (χ0v) is 10.5. The standard InChI is InChI=1S/C12H13FN2O2S/c13-8-4-5-9-10(7-8)15-12(14-9)11-3-1-2-6-18(11,16)17/h4-5,7,11H,1-3,6H2,(H,14,15). The van der Waals surface area contributed by atoms with E-state index in [0.717, 1.165) is 6.42 Å². The van der Waals surface area contributed by atoms with Crippen LogP contribution in [0.4, 0.5) is 4.39 Å². The number of halogens is 1. The first-order chi connectivity index (χ1) is 8.56. The molecule has 1 aromatic heterocycles. The molecule has 1 aliphatic heterocycles. The van der Waals surface area contributed by atoms with Crippen molar-refractivity contribution in [3.63, 3.8) is 0 Å². The number of aromatic nitrogens is 2. The molecule has 96 valence electrons. The van der Waals surface area contributed by atoms with Gasteiger partial charge in [0.15, 0.2) is 9.84 Å². The Morgan fingerprint density at radius 3 is 2.94 bits per heavy atom. The van der Waals surface area contributed by atoms with E-state index in [-0.39, 0.29) is 11.6 Å². The van der Waals surface area contributed by atoms with Gasteiger partial charge in [-0.25, -0.2) is 17.8 Å². The molecule has 1 saturated heterocycles. The SMILES string of the molecule is O=S1(=O)CCCCC1c1nc2ccc(F)cc2[nH]1. The van der Waals surface area contributed by atoms with Gasteiger partial charge in [0.25, 0.3) is 0 Å². The van der Waals surface area contributed by atoms with Crippen LogP contribution in [-0.2, 0) is 9.84 Å². The molecule has 0 amide bonds. The smallest absolute Gasteiger partial charge is 0.160 e. The third-order valence-electron chi connectivity index (χ3n) is 3.35. The van der Waals surface area contributed by atoms with Crippen molar-refractivity contribution in [3.05, 3.63) is 29.8 Å². The molecule has 2 aromatic rings. The number of hydrogen-bond acceptors (Lipinski definition) is 3. The number of H-pyrrole nitrogens is 1. The van der Waals surface area contributed by atoms with Gasteiger partial charge in [-0.05, 0) is 31.0 Å². The number of rotatable bonds is 1. The molecule has 1 aliphatic rings. The number of benzene rings is 1. The molecule has 1 fully saturated rings. The van der Waals surface area contributed by atoms with E-state index in [4.69, 9.17) is 0 Å². The lowest BCUT2D eigenvalue weighted by molar-refractivity contribution is 0.540. The maximum absolute atomic E-state index is 13.1. The zero-order chi connectivity index (χ0) is 12.8. The van der Waals surface area contributed by atoms with Crippen molar-refractivity contribution in [2.45, 2.75) is 24.5 Å². The zero-order valence-electron chi connectivity index (χ0n) is 9.69. The molecule has 0 spiro atoms. The van der Waals surface area contributed by atoms with Crippen LogP contribution in [0.3, 0.4) is 0 Å². The first-order valence-electron chi connectivity index (χ1n) is 5.93. The quantitative estimate of drug-likeness (QED) is 0.863. The molecule has 6 heteroatoms. The highest BCUT2D eigenvalue weighted by molar-refractivity contribution is 7.91. The molecule has 1 N–H and O–H groups in total. The molecular weight excluding hydrogens is 255 g/mol. The molecular formula is C12H13FN2O2S. The minimum absolute atomic E-state index is 0.211. The van der Waals surface area contributed by atoms with Crippen molar-refractivity contribution in [2.24, 2.45) is 0 Å². The number of sulfone groups is 1. The van der Waals surface area contributed by atoms with Crippen LogP contribution in [0.5, 0.6) is 0 Å². The van der Waals surface area contributed by atoms with Gasteiger partial charge >= 0.3 is 0 Å². The summed E-state index contributed by atoms with van der Waals surface area (Å²) in [5.41, 5.74) is 1.15. The van der Waals surface area contributed by atoms with Crippen molar-refractivity contribution in [2.75, 3.05) is 5.75 Å². The van der Waals surface area contributed by atoms with Crippen molar-refractivity contribution in [1.29, 1.82) is 0 Å². The second-order valence-corrected chi connectivity index (χ2v) is 6.94. The highest BCUT2D eigenvalue weighted by Crippen LogP contribution is 2.32. The average molecular weight is 268 g/mol. The summed E-state index contributed by atoms with van der Waals surface area (Å²) < 4.78 is 37.1. The predicted molar refractivity (Wildman–Crippen MR) is 66.4 cm³/mol. The van der Waals surface area contributed by atoms with E-state index in [2.05, 4.69) is 9.97 Å². The van der Waals surface area contributed by atoms with Crippen molar-refractivity contribution >= 4 is 20.9 Å². The van der Waals surface area contributed by atoms with Crippen molar-refractivity contribution in [3.8, 4) is 0 Å². The van der Waals surface area contributed by atoms with Crippen LogP contribution in [-0.4, -0.2) is 24.1 Å². The Morgan fingerprint density at radius 2 is 2.17 bits per heavy atom. The third kappa shape index (κ3) is 1.90. The molecule has 3 rings (SSSR count). The highest BCUT2D eigenvalue weighted by atomic mass is 32.2. The number of nitrogens with zero attached hydrogens (tertiary/aromatic N) is 1. The number of hydrogen-bond donors (Lipinski definition) is 1. The summed E-state index contributed by atoms with van der Waals surface area (Å²) in [7, 11) is -3.12. The summed E-state index contributed by atoms with van der Waals surface area (Å²) in [6, 6.07) is 4.21. The number of nitrogens with one attached hydrogen (secondary N) is 1. The third-order valence-corrected chi connectivity index (χ3v) is 5.53. The Labute approximate surface area is 104 Å². The Kier molecular flexibility index (Phi) is 2.62. The fraction of sp³-hybridized carbons (Fsp3) is 0.417. The fourth-order valence-electron chi connectivity index (χ4n) is 2.42. The monoisotopic (exact) mass is 268 g/mol. The van der Waals surface area contributed by atoms with Gasteiger partial charge in [0.2, 0.25) is 0 Å². The summed E-state index contributed by atoms with van der Waals surface area (Å²) in [4.78, 5) is 7.20. The van der Waals surface area contributed by atoms with Gasteiger partial charge in [-0.15, -0.1) is 0 Å². The maximum atomic E-state index is 13.1. The molecule has 0 aliphatic carbocycles. The van der Waals surface area contributed by atoms with Crippen LogP contribution in [0.1, 0.15) is 30.3 Å². The van der Waals surface area contributed by atoms with Gasteiger partial charge < -0.3 is 4.98 Å². The van der Waals surface area contributed by atoms with Gasteiger partial charge in [-0.1, -0.05) is 6.42 Å². The molecule has 1 atom stereocenters. The summed E-state index contributed by atoms with van der Waals surface area (Å²) in [5, 5.41) is -0.568. The lowest BCUT2D eigenvalue weighted by Crippen LogP contribution is -2.22. The van der Waals surface area contributed by atoms with Gasteiger partial charge in [-0.2, -0.15) is 0 Å². The van der Waals surface area contributed by atoms with Gasteiger partial charge in [0.1, 0.15) is 16.9 Å². The van der Waals surface area contributed by atoms with E-state index in [1.807, 2.05) is 0 Å². The van der Waals surface area contributed by atoms with E-state index in [1.54, 1.807) is 6.07 Å². The molecule has 1 unspecified atom stereocenters. The summed E-state index contributed by atoms with van der Waals surface area (Å²) >= 11 is 0. The van der Waals surface area contributed by atoms with E-state index in [9.17, 15) is 12.8 Å². The van der Waals surface area contributed by atoms with Crippen molar-refractivity contribution in [1.82, 2.24) is 9.97 Å². The second-order valence-electron chi connectivity index (χ2n) is 4.63. The predicted octanol–water partition coefficient (Wildman–Crippen LogP) is 2.34. The van der Waals surface area contributed by atoms with Crippen LogP contribution < -0.4 is 0 Å². The van der Waals surface area contributed by atoms with Gasteiger partial charge in [-0.3, -0.25) is 0 Å². The minimum Gasteiger partial charge on any atom is -0.341 e. The molecule has 0 radical (unpaired) electrons. The minimum atomic E-state index is -3.12. The normalized spacial score (nSPS) is 23.3. The van der Waals surface area contributed by atoms with E-state index >= 15 is 0 Å². The first-order valence-corrected chi connectivity index (χ1v) is 7.64. The van der Waals surface area contributed by atoms with Gasteiger partial charge in [0, 0.05) is 0 Å². The molecule has 4 nitrogen and oxygen atoms in total. The topological polar surface area (TPSA) is 62.8 Å². The molecule has 0 saturated carbocycles. The Bertz CT molecular complexity index is 693. The Morgan fingerprint density at radius 1 is 1.33 bits per heavy atom. The van der Waals surface area contributed by atoms with Crippen molar-refractivity contribution < 1.29 is 12.8 Å². The lowest BCUT2D eigenvalue weighted by Gasteiger charge is -2.19. The van der Waals surface area contributed by atoms with E-state index in [0.29, 0.717) is 29.7 Å². The molecule has 18 heavy (non-hydrogen) atoms. The summed E-state index contributed by atoms with van der Waals surface area (Å²) in [6.07, 6.45) is 2.19. The second kappa shape index (κ2) is 4.05. The number of imidazole rings is 1. The fourth-order valence-corrected chi connectivity index (χ4v) is 4.28. The van der Waals surface area contributed by atoms with Gasteiger partial charge in [0.05, 0.1) is 16.8 Å². The molecule has 1 aromatic carbocycles. The van der Waals surface area contributed by atoms with Crippen LogP contribution in [0, 0.1) is 5.82 Å². The van der Waals surface area contributed by atoms with E-state index in [1.165, 1.54) is 12.1 Å². The Hall–Kier alpha value is -1.43. The summed E-state index contributed by atoms with van der Waals surface area (Å²) in [5.74, 6) is 0.294. The summed E-state index contributed by atoms with van der Waals surface area (Å²) in [6.45, 7) is 0. The number of fused-ring (bicyclic) bond motifs is 1. The van der Waals surface area contributed by atoms with Crippen LogP contribution in [0.15, 0.2) is 18.2 Å². The lowest BCUT2D eigenvalue weighted by atomic mass is 10.2. The average Bonchev–Trinajstić information content (AvgIpc) is 2.70. The molecule has 2 heterocycles.